The Morgan fingerprint density at radius 1 is 0.903 bits per heavy atom. The number of hydrogen-bond acceptors (Lipinski definition) is 2. The zero-order valence-corrected chi connectivity index (χ0v) is 17.9. The average molecular weight is 413 g/mol. The number of benzene rings is 3. The molecule has 0 radical (unpaired) electrons. The van der Waals surface area contributed by atoms with Gasteiger partial charge in [-0.25, -0.2) is 0 Å². The van der Waals surface area contributed by atoms with Gasteiger partial charge in [0.05, 0.1) is 0 Å². The summed E-state index contributed by atoms with van der Waals surface area (Å²) in [5.41, 5.74) is 8.67. The van der Waals surface area contributed by atoms with Gasteiger partial charge in [0.2, 0.25) is 12.3 Å². The molecule has 1 aliphatic rings. The summed E-state index contributed by atoms with van der Waals surface area (Å²) in [5, 5.41) is 2.95. The number of aryl methyl sites for hydroxylation is 3. The predicted molar refractivity (Wildman–Crippen MR) is 121 cm³/mol. The Kier molecular flexibility index (Phi) is 5.67. The summed E-state index contributed by atoms with van der Waals surface area (Å²) in [6.07, 6.45) is 1.90. The topological polar surface area (TPSA) is 61.2 Å². The average Bonchev–Trinajstić information content (AvgIpc) is 3.05. The van der Waals surface area contributed by atoms with Crippen molar-refractivity contribution in [2.24, 2.45) is 0 Å². The van der Waals surface area contributed by atoms with Crippen LogP contribution in [0.4, 0.5) is 0 Å². The van der Waals surface area contributed by atoms with Crippen LogP contribution < -0.4 is 10.7 Å². The first-order valence-corrected chi connectivity index (χ1v) is 10.4. The van der Waals surface area contributed by atoms with Gasteiger partial charge in [0.15, 0.2) is 6.04 Å². The lowest BCUT2D eigenvalue weighted by atomic mass is 9.98. The first-order chi connectivity index (χ1) is 14.9. The number of carbonyl (C=O) groups is 2. The van der Waals surface area contributed by atoms with Crippen LogP contribution in [0, 0.1) is 20.8 Å². The first-order valence-electron chi connectivity index (χ1n) is 10.4. The molecular weight excluding hydrogens is 386 g/mol. The van der Waals surface area contributed by atoms with Crippen molar-refractivity contribution in [1.29, 1.82) is 0 Å². The lowest BCUT2D eigenvalue weighted by Gasteiger charge is -2.15. The molecule has 0 saturated carbocycles. The van der Waals surface area contributed by atoms with Crippen molar-refractivity contribution in [3.05, 3.63) is 106 Å². The number of hydrogen-bond donors (Lipinski definition) is 2. The lowest BCUT2D eigenvalue weighted by Crippen LogP contribution is -2.42. The highest BCUT2D eigenvalue weighted by Crippen LogP contribution is 2.26. The fourth-order valence-corrected chi connectivity index (χ4v) is 3.77. The van der Waals surface area contributed by atoms with E-state index >= 15 is 0 Å². The molecule has 5 heteroatoms. The zero-order chi connectivity index (χ0) is 22.0. The first kappa shape index (κ1) is 20.5. The summed E-state index contributed by atoms with van der Waals surface area (Å²) in [7, 11) is 0. The quantitative estimate of drug-likeness (QED) is 0.643. The van der Waals surface area contributed by atoms with Gasteiger partial charge in [0.1, 0.15) is 0 Å². The molecule has 1 fully saturated rings. The van der Waals surface area contributed by atoms with E-state index in [4.69, 9.17) is 0 Å². The fraction of sp³-hybridized carbons (Fsp3) is 0.192. The minimum absolute atomic E-state index is 0.241. The molecule has 31 heavy (non-hydrogen) atoms. The molecule has 1 aliphatic heterocycles. The summed E-state index contributed by atoms with van der Waals surface area (Å²) in [4.78, 5) is 25.8. The largest absolute Gasteiger partial charge is 0.334 e. The molecule has 3 aromatic rings. The Morgan fingerprint density at radius 2 is 1.55 bits per heavy atom. The smallest absolute Gasteiger partial charge is 0.304 e. The van der Waals surface area contributed by atoms with Gasteiger partial charge < -0.3 is 5.32 Å². The standard InChI is InChI=1S/C26H25N3O2/c1-17-7-11-20(12-8-17)16-29-24(21-13-9-18(2)10-14-21)23(26(31)28-29)27-25(30)22-6-4-5-19(3)15-22/h4-16,23-24H,1-3H3,(H-,27,28,30,31)/p+1/b29-16-/t23-,24-/m0/s1. The lowest BCUT2D eigenvalue weighted by molar-refractivity contribution is -0.596. The molecule has 156 valence electrons. The summed E-state index contributed by atoms with van der Waals surface area (Å²) >= 11 is 0. The Bertz CT molecular complexity index is 1150. The molecule has 2 N–H and O–H groups in total. The van der Waals surface area contributed by atoms with Gasteiger partial charge in [-0.05, 0) is 45.0 Å². The van der Waals surface area contributed by atoms with E-state index in [1.54, 1.807) is 10.8 Å². The van der Waals surface area contributed by atoms with Crippen molar-refractivity contribution in [3.8, 4) is 0 Å². The van der Waals surface area contributed by atoms with Gasteiger partial charge >= 0.3 is 5.91 Å². The van der Waals surface area contributed by atoms with Gasteiger partial charge in [-0.3, -0.25) is 9.59 Å². The van der Waals surface area contributed by atoms with Gasteiger partial charge in [0.25, 0.3) is 5.91 Å². The number of carbonyl (C=O) groups excluding carboxylic acids is 2. The zero-order valence-electron chi connectivity index (χ0n) is 17.9. The highest BCUT2D eigenvalue weighted by molar-refractivity contribution is 5.98. The van der Waals surface area contributed by atoms with E-state index in [2.05, 4.69) is 10.7 Å². The molecule has 0 aliphatic carbocycles. The maximum absolute atomic E-state index is 12.9. The van der Waals surface area contributed by atoms with Crippen LogP contribution in [0.2, 0.25) is 0 Å². The molecule has 1 heterocycles. The minimum Gasteiger partial charge on any atom is -0.334 e. The summed E-state index contributed by atoms with van der Waals surface area (Å²) in [6.45, 7) is 5.99. The van der Waals surface area contributed by atoms with E-state index < -0.39 is 6.04 Å². The number of hydrazone groups is 1. The molecule has 1 saturated heterocycles. The van der Waals surface area contributed by atoms with E-state index in [1.807, 2.05) is 93.7 Å². The summed E-state index contributed by atoms with van der Waals surface area (Å²) in [5.74, 6) is -0.506. The third kappa shape index (κ3) is 4.56. The fourth-order valence-electron chi connectivity index (χ4n) is 3.77. The molecule has 4 rings (SSSR count). The molecule has 0 spiro atoms. The van der Waals surface area contributed by atoms with Crippen molar-refractivity contribution in [2.45, 2.75) is 32.9 Å². The summed E-state index contributed by atoms with van der Waals surface area (Å²) < 4.78 is 1.79. The van der Waals surface area contributed by atoms with Gasteiger partial charge in [-0.15, -0.1) is 10.1 Å². The van der Waals surface area contributed by atoms with Crippen LogP contribution in [0.25, 0.3) is 0 Å². The Hall–Kier alpha value is -3.73. The number of nitrogens with one attached hydrogen (secondary N) is 2. The van der Waals surface area contributed by atoms with Crippen LogP contribution in [0.15, 0.2) is 72.8 Å². The molecule has 0 aromatic heterocycles. The van der Waals surface area contributed by atoms with E-state index in [0.29, 0.717) is 5.56 Å². The highest BCUT2D eigenvalue weighted by Gasteiger charge is 2.47. The second-order valence-electron chi connectivity index (χ2n) is 8.10. The van der Waals surface area contributed by atoms with Gasteiger partial charge in [-0.2, -0.15) is 0 Å². The van der Waals surface area contributed by atoms with Crippen molar-refractivity contribution in [3.63, 3.8) is 0 Å². The minimum atomic E-state index is -0.725. The van der Waals surface area contributed by atoms with Crippen LogP contribution in [0.1, 0.15) is 44.2 Å². The monoisotopic (exact) mass is 412 g/mol. The van der Waals surface area contributed by atoms with Crippen molar-refractivity contribution < 1.29 is 14.3 Å². The maximum Gasteiger partial charge on any atom is 0.304 e. The van der Waals surface area contributed by atoms with Crippen LogP contribution >= 0.6 is 0 Å². The Labute approximate surface area is 182 Å². The number of rotatable bonds is 4. The second-order valence-corrected chi connectivity index (χ2v) is 8.10. The highest BCUT2D eigenvalue weighted by atomic mass is 16.2. The normalized spacial score (nSPS) is 19.3. The second kappa shape index (κ2) is 8.56. The Balaban J connectivity index is 1.70. The number of amides is 2. The van der Waals surface area contributed by atoms with E-state index in [0.717, 1.165) is 22.3 Å². The third-order valence-electron chi connectivity index (χ3n) is 5.49. The summed E-state index contributed by atoms with van der Waals surface area (Å²) in [6, 6.07) is 22.4. The van der Waals surface area contributed by atoms with Crippen LogP contribution in [0.3, 0.4) is 0 Å². The van der Waals surface area contributed by atoms with Gasteiger partial charge in [-0.1, -0.05) is 65.2 Å². The van der Waals surface area contributed by atoms with Crippen LogP contribution in [-0.2, 0) is 4.79 Å². The molecule has 5 nitrogen and oxygen atoms in total. The molecule has 0 unspecified atom stereocenters. The molecule has 0 bridgehead atoms. The van der Waals surface area contributed by atoms with Crippen molar-refractivity contribution >= 4 is 18.0 Å². The molecule has 2 atom stereocenters. The number of nitrogens with zero attached hydrogens (tertiary/aromatic N) is 1. The van der Waals surface area contributed by atoms with Crippen LogP contribution in [0.5, 0.6) is 0 Å². The SMILES string of the molecule is Cc1ccc(/C=[N+]2\NC(=O)[C@@H](NC(=O)c3cccc(C)c3)[C@@H]2c2ccc(C)cc2)cc1. The molecule has 3 aromatic carbocycles. The van der Waals surface area contributed by atoms with E-state index in [-0.39, 0.29) is 17.9 Å². The van der Waals surface area contributed by atoms with E-state index in [9.17, 15) is 9.59 Å². The Morgan fingerprint density at radius 3 is 2.19 bits per heavy atom. The van der Waals surface area contributed by atoms with Gasteiger partial charge in [0, 0.05) is 16.7 Å². The van der Waals surface area contributed by atoms with E-state index in [1.165, 1.54) is 5.56 Å². The molecular formula is C26H26N3O2+. The third-order valence-corrected chi connectivity index (χ3v) is 5.49. The predicted octanol–water partition coefficient (Wildman–Crippen LogP) is 3.63. The maximum atomic E-state index is 12.9. The van der Waals surface area contributed by atoms with Crippen LogP contribution in [-0.4, -0.2) is 28.8 Å². The molecule has 2 amide bonds. The van der Waals surface area contributed by atoms with Crippen molar-refractivity contribution in [2.75, 3.05) is 0 Å². The van der Waals surface area contributed by atoms with Crippen molar-refractivity contribution in [1.82, 2.24) is 10.7 Å². The number of hydrazine groups is 1.